The number of aromatic nitrogens is 3. The summed E-state index contributed by atoms with van der Waals surface area (Å²) in [7, 11) is 3.41. The van der Waals surface area contributed by atoms with E-state index >= 15 is 0 Å². The summed E-state index contributed by atoms with van der Waals surface area (Å²) in [5, 5.41) is 66.2. The van der Waals surface area contributed by atoms with E-state index in [0.29, 0.717) is 32.4 Å². The van der Waals surface area contributed by atoms with Crippen LogP contribution < -0.4 is 0 Å². The molecule has 68 heavy (non-hydrogen) atoms. The highest BCUT2D eigenvalue weighted by Crippen LogP contribution is 2.44. The predicted octanol–water partition coefficient (Wildman–Crippen LogP) is 3.16. The molecule has 5 heterocycles. The maximum atomic E-state index is 14.4. The van der Waals surface area contributed by atoms with Crippen LogP contribution in [0.15, 0.2) is 30.5 Å². The average molecular weight is 962 g/mol. The second kappa shape index (κ2) is 21.8. The summed E-state index contributed by atoms with van der Waals surface area (Å²) in [4.78, 5) is 41.2. The van der Waals surface area contributed by atoms with Crippen molar-refractivity contribution in [2.75, 3.05) is 27.3 Å². The molecule has 0 aliphatic carbocycles. The number of nitro benzene ring substituents is 1. The number of hydrogen-bond acceptors (Lipinski definition) is 18. The van der Waals surface area contributed by atoms with E-state index in [1.54, 1.807) is 51.4 Å². The number of carbonyl (C=O) groups is 2. The number of benzene rings is 1. The number of esters is 1. The van der Waals surface area contributed by atoms with E-state index in [9.17, 15) is 40.1 Å². The zero-order chi connectivity index (χ0) is 50.0. The third-order valence-electron chi connectivity index (χ3n) is 15.3. The molecule has 0 saturated carbocycles. The van der Waals surface area contributed by atoms with Gasteiger partial charge in [0.05, 0.1) is 64.9 Å². The molecule has 1 aromatic heterocycles. The Balaban J connectivity index is 1.26. The molecule has 4 aliphatic rings. The Bertz CT molecular complexity index is 2020. The Hall–Kier alpha value is -3.54. The van der Waals surface area contributed by atoms with Gasteiger partial charge in [0.25, 0.3) is 5.69 Å². The fourth-order valence-electron chi connectivity index (χ4n) is 10.7. The van der Waals surface area contributed by atoms with Gasteiger partial charge in [-0.25, -0.2) is 0 Å². The Morgan fingerprint density at radius 2 is 1.66 bits per heavy atom. The lowest BCUT2D eigenvalue weighted by Crippen LogP contribution is -2.61. The molecule has 0 spiro atoms. The topological polar surface area (TPSA) is 257 Å². The normalized spacial score (nSPS) is 40.8. The minimum atomic E-state index is -2.00. The molecule has 2 bridgehead atoms. The number of methoxy groups -OCH3 is 1. The summed E-state index contributed by atoms with van der Waals surface area (Å²) in [6.45, 7) is 16.3. The van der Waals surface area contributed by atoms with E-state index in [1.165, 1.54) is 26.2 Å². The highest BCUT2D eigenvalue weighted by Gasteiger charge is 2.56. The maximum absolute atomic E-state index is 14.4. The third-order valence-corrected chi connectivity index (χ3v) is 15.3. The first-order chi connectivity index (χ1) is 31.9. The van der Waals surface area contributed by atoms with Gasteiger partial charge in [0, 0.05) is 75.2 Å². The van der Waals surface area contributed by atoms with Gasteiger partial charge in [-0.05, 0) is 79.8 Å². The van der Waals surface area contributed by atoms with Crippen LogP contribution in [0.5, 0.6) is 0 Å². The molecule has 0 radical (unpaired) electrons. The molecule has 4 aliphatic heterocycles. The molecule has 4 fully saturated rings. The highest BCUT2D eigenvalue weighted by atomic mass is 16.7. The van der Waals surface area contributed by atoms with Crippen molar-refractivity contribution in [3.8, 4) is 0 Å². The lowest BCUT2D eigenvalue weighted by molar-refractivity contribution is -0.384. The molecule has 18 atom stereocenters. The second-order valence-corrected chi connectivity index (χ2v) is 20.4. The fourth-order valence-corrected chi connectivity index (χ4v) is 10.7. The van der Waals surface area contributed by atoms with E-state index in [2.05, 4.69) is 10.3 Å². The van der Waals surface area contributed by atoms with Crippen molar-refractivity contribution in [1.82, 2.24) is 19.9 Å². The van der Waals surface area contributed by atoms with Crippen LogP contribution in [0.4, 0.5) is 5.69 Å². The first kappa shape index (κ1) is 53.8. The van der Waals surface area contributed by atoms with Gasteiger partial charge in [0.1, 0.15) is 29.7 Å². The number of ketones is 1. The largest absolute Gasteiger partial charge is 0.459 e. The van der Waals surface area contributed by atoms with E-state index in [1.807, 2.05) is 38.9 Å². The van der Waals surface area contributed by atoms with Crippen molar-refractivity contribution in [2.45, 2.75) is 192 Å². The lowest BCUT2D eigenvalue weighted by Gasteiger charge is -2.49. The van der Waals surface area contributed by atoms with Gasteiger partial charge in [-0.1, -0.05) is 38.1 Å². The van der Waals surface area contributed by atoms with Crippen molar-refractivity contribution in [2.24, 2.45) is 23.7 Å². The number of nitro groups is 1. The van der Waals surface area contributed by atoms with Crippen LogP contribution in [0, 0.1) is 33.8 Å². The van der Waals surface area contributed by atoms with Crippen LogP contribution in [0.3, 0.4) is 0 Å². The molecule has 6 rings (SSSR count). The number of nitrogens with zero attached hydrogens (tertiary/aromatic N) is 5. The SMILES string of the molecule is CC[C@H]1OC(=O)[C@H](C)[C@@H](O[C@H]2C[C@@](C)(OC)[C@@H](O)[C@H](C)O2)[C@H](C)[C@@H](O[C@@H]2O[C@H](C)C[C@H](N(C)CCc3cn(CCc4ccc([N+](=O)[O-])cc4)nn3)[C@H]2O)[C@@]2(C)C[C@@H](CO2)C(=O)[C@H](C)[C@@H](O)[C@]1(C)O. The first-order valence-corrected chi connectivity index (χ1v) is 24.1. The maximum Gasteiger partial charge on any atom is 0.311 e. The Kier molecular flexibility index (Phi) is 17.3. The highest BCUT2D eigenvalue weighted by molar-refractivity contribution is 5.84. The van der Waals surface area contributed by atoms with Crippen LogP contribution >= 0.6 is 0 Å². The number of fused-ring (bicyclic) bond motifs is 2. The number of cyclic esters (lactones) is 1. The predicted molar refractivity (Wildman–Crippen MR) is 244 cm³/mol. The molecule has 4 saturated heterocycles. The average Bonchev–Trinajstić information content (AvgIpc) is 3.95. The van der Waals surface area contributed by atoms with Gasteiger partial charge in [-0.15, -0.1) is 5.10 Å². The van der Waals surface area contributed by atoms with Crippen LogP contribution in [-0.4, -0.2) is 169 Å². The van der Waals surface area contributed by atoms with Crippen molar-refractivity contribution < 1.29 is 68.1 Å². The van der Waals surface area contributed by atoms with Gasteiger partial charge in [0.2, 0.25) is 0 Å². The summed E-state index contributed by atoms with van der Waals surface area (Å²) in [6.07, 6.45) is -6.41. The quantitative estimate of drug-likeness (QED) is 0.120. The minimum absolute atomic E-state index is 0.0142. The summed E-state index contributed by atoms with van der Waals surface area (Å²) in [6, 6.07) is 5.99. The van der Waals surface area contributed by atoms with Crippen LogP contribution in [0.2, 0.25) is 0 Å². The smallest absolute Gasteiger partial charge is 0.311 e. The zero-order valence-corrected chi connectivity index (χ0v) is 41.4. The first-order valence-electron chi connectivity index (χ1n) is 24.1. The molecule has 2 aromatic rings. The number of aliphatic hydroxyl groups is 4. The van der Waals surface area contributed by atoms with Crippen molar-refractivity contribution in [3.63, 3.8) is 0 Å². The summed E-state index contributed by atoms with van der Waals surface area (Å²) in [5.74, 6) is -4.62. The van der Waals surface area contributed by atoms with Gasteiger partial charge in [0.15, 0.2) is 12.6 Å². The molecule has 0 amide bonds. The number of rotatable bonds is 14. The van der Waals surface area contributed by atoms with Gasteiger partial charge in [-0.2, -0.15) is 0 Å². The number of Topliss-reactive ketones (excluding diaryl/α,β-unsaturated/α-hetero) is 1. The number of hydrogen-bond donors (Lipinski definition) is 4. The number of likely N-dealkylation sites (N-methyl/N-ethyl adjacent to an activating group) is 1. The Morgan fingerprint density at radius 1 is 0.971 bits per heavy atom. The second-order valence-electron chi connectivity index (χ2n) is 20.4. The summed E-state index contributed by atoms with van der Waals surface area (Å²) < 4.78 is 46.5. The van der Waals surface area contributed by atoms with E-state index in [0.717, 1.165) is 11.3 Å². The summed E-state index contributed by atoms with van der Waals surface area (Å²) >= 11 is 0. The number of ether oxygens (including phenoxy) is 7. The third kappa shape index (κ3) is 11.6. The molecule has 4 N–H and O–H groups in total. The molecule has 20 nitrogen and oxygen atoms in total. The molecule has 20 heteroatoms. The Labute approximate surface area is 399 Å². The molecular weight excluding hydrogens is 887 g/mol. The van der Waals surface area contributed by atoms with Crippen molar-refractivity contribution in [1.29, 1.82) is 0 Å². The van der Waals surface area contributed by atoms with E-state index in [4.69, 9.17) is 33.2 Å². The minimum Gasteiger partial charge on any atom is -0.459 e. The van der Waals surface area contributed by atoms with Gasteiger partial charge < -0.3 is 58.5 Å². The van der Waals surface area contributed by atoms with E-state index in [-0.39, 0.29) is 43.4 Å². The lowest BCUT2D eigenvalue weighted by atomic mass is 9.75. The van der Waals surface area contributed by atoms with Crippen molar-refractivity contribution >= 4 is 17.4 Å². The van der Waals surface area contributed by atoms with E-state index < -0.39 is 113 Å². The molecule has 1 aromatic carbocycles. The number of carbonyl (C=O) groups excluding carboxylic acids is 2. The Morgan fingerprint density at radius 3 is 2.31 bits per heavy atom. The molecule has 0 unspecified atom stereocenters. The monoisotopic (exact) mass is 962 g/mol. The van der Waals surface area contributed by atoms with Crippen molar-refractivity contribution in [3.05, 3.63) is 51.8 Å². The summed E-state index contributed by atoms with van der Waals surface area (Å²) in [5.41, 5.74) is -2.58. The standard InChI is InChI=1S/C48H75N5O15/c1-12-36-48(9,59)41(56)27(3)38(54)32-22-47(8,63-25-32)43(28(4)40(29(5)44(58)66-36)67-37-23-46(7,62-11)42(57)30(6)65-37)68-45-39(55)35(21-26(2)64-45)51(10)19-18-33-24-52(50-49-33)20-17-31-13-15-34(16-14-31)53(60)61/h13-16,24,26-30,32,35-37,39-43,45,55-57,59H,12,17-23,25H2,1-11H3/t26-,27+,28+,29-,30+,32+,35+,36-,37+,39-,40+,41-,42+,43-,45+,46-,47-,48-/m1/s1. The number of aryl methyl sites for hydroxylation is 2. The molecule has 382 valence electrons. The number of non-ortho nitro benzene ring substituents is 1. The molecular formula is C48H75N5O15. The van der Waals surface area contributed by atoms with Crippen LogP contribution in [0.1, 0.15) is 99.3 Å². The van der Waals surface area contributed by atoms with Gasteiger partial charge >= 0.3 is 5.97 Å². The zero-order valence-electron chi connectivity index (χ0n) is 41.4. The van der Waals surface area contributed by atoms with Gasteiger partial charge in [-0.3, -0.25) is 24.4 Å². The number of aliphatic hydroxyl groups excluding tert-OH is 3. The van der Waals surface area contributed by atoms with Crippen LogP contribution in [-0.2, 0) is 62.1 Å². The van der Waals surface area contributed by atoms with Crippen LogP contribution in [0.25, 0.3) is 0 Å². The fraction of sp³-hybridized carbons (Fsp3) is 0.792.